The quantitative estimate of drug-likeness (QED) is 0.664. The Bertz CT molecular complexity index is 250. The predicted molar refractivity (Wildman–Crippen MR) is 52.3 cm³/mol. The molecule has 0 saturated heterocycles. The molecule has 1 rings (SSSR count). The largest absolute Gasteiger partial charge is 0.381 e. The number of anilines is 2. The minimum absolute atomic E-state index is 0.409. The number of nitrogens with one attached hydrogen (secondary N) is 1. The molecule has 0 amide bonds. The summed E-state index contributed by atoms with van der Waals surface area (Å²) in [7, 11) is 0. The molecule has 13 heavy (non-hydrogen) atoms. The van der Waals surface area contributed by atoms with Gasteiger partial charge < -0.3 is 11.1 Å². The Morgan fingerprint density at radius 3 is 3.00 bits per heavy atom. The van der Waals surface area contributed by atoms with Crippen LogP contribution in [0.4, 0.5) is 11.5 Å². The lowest BCUT2D eigenvalue weighted by molar-refractivity contribution is 0.742. The maximum Gasteiger partial charge on any atom is 0.172 e. The second-order valence-electron chi connectivity index (χ2n) is 2.87. The highest BCUT2D eigenvalue weighted by molar-refractivity contribution is 5.58. The van der Waals surface area contributed by atoms with Crippen molar-refractivity contribution in [2.75, 3.05) is 17.6 Å². The number of nitrogens with two attached hydrogens (primary N) is 1. The molecule has 0 aliphatic carbocycles. The van der Waals surface area contributed by atoms with E-state index in [2.05, 4.69) is 27.7 Å². The molecule has 0 aliphatic rings. The van der Waals surface area contributed by atoms with E-state index in [-0.39, 0.29) is 0 Å². The highest BCUT2D eigenvalue weighted by atomic mass is 15.3. The van der Waals surface area contributed by atoms with Crippen LogP contribution in [-0.2, 0) is 0 Å². The van der Waals surface area contributed by atoms with Gasteiger partial charge in [-0.15, -0.1) is 10.2 Å². The van der Waals surface area contributed by atoms with E-state index < -0.39 is 0 Å². The summed E-state index contributed by atoms with van der Waals surface area (Å²) in [5.41, 5.74) is 6.33. The molecule has 0 aliphatic heterocycles. The molecule has 0 atom stereocenters. The number of nitrogen functional groups attached to an aromatic ring is 1. The third-order valence-electron chi connectivity index (χ3n) is 1.76. The van der Waals surface area contributed by atoms with Crippen LogP contribution in [0.3, 0.4) is 0 Å². The Hall–Kier alpha value is -1.39. The summed E-state index contributed by atoms with van der Waals surface area (Å²) >= 11 is 0. The van der Waals surface area contributed by atoms with Gasteiger partial charge >= 0.3 is 0 Å². The molecule has 1 aromatic rings. The Morgan fingerprint density at radius 2 is 2.31 bits per heavy atom. The van der Waals surface area contributed by atoms with E-state index in [0.29, 0.717) is 5.82 Å². The zero-order valence-electron chi connectivity index (χ0n) is 7.82. The third-order valence-corrected chi connectivity index (χ3v) is 1.76. The van der Waals surface area contributed by atoms with Gasteiger partial charge in [0.2, 0.25) is 0 Å². The zero-order chi connectivity index (χ0) is 9.52. The molecule has 0 aromatic carbocycles. The number of rotatable bonds is 5. The Balaban J connectivity index is 2.32. The highest BCUT2D eigenvalue weighted by Gasteiger charge is 1.98. The van der Waals surface area contributed by atoms with Crippen LogP contribution < -0.4 is 11.1 Å². The third kappa shape index (κ3) is 3.23. The van der Waals surface area contributed by atoms with E-state index in [0.717, 1.165) is 18.7 Å². The lowest BCUT2D eigenvalue weighted by atomic mass is 10.2. The molecule has 0 saturated carbocycles. The van der Waals surface area contributed by atoms with Crippen molar-refractivity contribution in [3.63, 3.8) is 0 Å². The molecule has 1 aromatic heterocycles. The number of nitrogens with zero attached hydrogens (tertiary/aromatic N) is 3. The van der Waals surface area contributed by atoms with Gasteiger partial charge in [0, 0.05) is 6.54 Å². The number of aromatic nitrogens is 3. The van der Waals surface area contributed by atoms with E-state index in [9.17, 15) is 0 Å². The Morgan fingerprint density at radius 1 is 1.46 bits per heavy atom. The van der Waals surface area contributed by atoms with Crippen molar-refractivity contribution in [1.29, 1.82) is 0 Å². The van der Waals surface area contributed by atoms with Gasteiger partial charge in [-0.1, -0.05) is 19.8 Å². The summed E-state index contributed by atoms with van der Waals surface area (Å²) in [5, 5.41) is 13.9. The van der Waals surface area contributed by atoms with Gasteiger partial charge in [0.25, 0.3) is 0 Å². The summed E-state index contributed by atoms with van der Waals surface area (Å²) in [6.45, 7) is 3.08. The molecular formula is C8H15N5. The van der Waals surface area contributed by atoms with Crippen molar-refractivity contribution >= 4 is 11.5 Å². The van der Waals surface area contributed by atoms with Crippen molar-refractivity contribution in [2.24, 2.45) is 0 Å². The monoisotopic (exact) mass is 181 g/mol. The van der Waals surface area contributed by atoms with Crippen LogP contribution in [0.5, 0.6) is 0 Å². The van der Waals surface area contributed by atoms with Crippen LogP contribution in [-0.4, -0.2) is 22.0 Å². The summed E-state index contributed by atoms with van der Waals surface area (Å²) in [6.07, 6.45) is 5.16. The molecule has 0 unspecified atom stereocenters. The van der Waals surface area contributed by atoms with Gasteiger partial charge in [0.05, 0.1) is 11.9 Å². The number of unbranched alkanes of at least 4 members (excludes halogenated alkanes) is 2. The molecule has 1 heterocycles. The molecule has 0 spiro atoms. The maximum absolute atomic E-state index is 5.56. The van der Waals surface area contributed by atoms with E-state index in [1.165, 1.54) is 12.8 Å². The molecule has 0 radical (unpaired) electrons. The number of hydrogen-bond donors (Lipinski definition) is 2. The lowest BCUT2D eigenvalue weighted by Crippen LogP contribution is -2.06. The van der Waals surface area contributed by atoms with Crippen molar-refractivity contribution in [3.05, 3.63) is 6.20 Å². The lowest BCUT2D eigenvalue weighted by Gasteiger charge is -2.05. The topological polar surface area (TPSA) is 76.7 Å². The molecule has 3 N–H and O–H groups in total. The van der Waals surface area contributed by atoms with Crippen LogP contribution in [0.2, 0.25) is 0 Å². The SMILES string of the molecule is CCCCCNc1cnnnc1N. The first-order valence-electron chi connectivity index (χ1n) is 4.52. The van der Waals surface area contributed by atoms with Crippen molar-refractivity contribution in [1.82, 2.24) is 15.4 Å². The number of hydrogen-bond acceptors (Lipinski definition) is 5. The van der Waals surface area contributed by atoms with Gasteiger partial charge in [-0.25, -0.2) is 0 Å². The van der Waals surface area contributed by atoms with Crippen LogP contribution >= 0.6 is 0 Å². The first-order valence-corrected chi connectivity index (χ1v) is 4.52. The van der Waals surface area contributed by atoms with E-state index >= 15 is 0 Å². The van der Waals surface area contributed by atoms with E-state index in [1.807, 2.05) is 0 Å². The smallest absolute Gasteiger partial charge is 0.172 e. The fraction of sp³-hybridized carbons (Fsp3) is 0.625. The van der Waals surface area contributed by atoms with Crippen LogP contribution in [0.1, 0.15) is 26.2 Å². The van der Waals surface area contributed by atoms with Gasteiger partial charge in [-0.2, -0.15) is 0 Å². The molecule has 72 valence electrons. The van der Waals surface area contributed by atoms with Gasteiger partial charge in [-0.05, 0) is 11.6 Å². The average molecular weight is 181 g/mol. The second-order valence-corrected chi connectivity index (χ2v) is 2.87. The molecule has 5 heteroatoms. The predicted octanol–water partition coefficient (Wildman–Crippen LogP) is 1.06. The van der Waals surface area contributed by atoms with Gasteiger partial charge in [-0.3, -0.25) is 0 Å². The van der Waals surface area contributed by atoms with Crippen molar-refractivity contribution in [3.8, 4) is 0 Å². The standard InChI is InChI=1S/C8H15N5/c1-2-3-4-5-10-7-6-11-13-12-8(7)9/h6H,2-5H2,1H3,(H,10,13)(H2,9,11,12). The summed E-state index contributed by atoms with van der Waals surface area (Å²) in [6, 6.07) is 0. The molecule has 0 bridgehead atoms. The molecular weight excluding hydrogens is 166 g/mol. The van der Waals surface area contributed by atoms with Crippen LogP contribution in [0, 0.1) is 0 Å². The Kier molecular flexibility index (Phi) is 3.95. The van der Waals surface area contributed by atoms with Crippen LogP contribution in [0.15, 0.2) is 6.20 Å². The van der Waals surface area contributed by atoms with Crippen molar-refractivity contribution in [2.45, 2.75) is 26.2 Å². The van der Waals surface area contributed by atoms with Crippen LogP contribution in [0.25, 0.3) is 0 Å². The van der Waals surface area contributed by atoms with Crippen molar-refractivity contribution < 1.29 is 0 Å². The first kappa shape index (κ1) is 9.70. The fourth-order valence-corrected chi connectivity index (χ4v) is 1.01. The van der Waals surface area contributed by atoms with E-state index in [1.54, 1.807) is 6.20 Å². The highest BCUT2D eigenvalue weighted by Crippen LogP contribution is 2.10. The average Bonchev–Trinajstić information content (AvgIpc) is 2.15. The Labute approximate surface area is 77.7 Å². The van der Waals surface area contributed by atoms with Gasteiger partial charge in [0.15, 0.2) is 5.82 Å². The minimum Gasteiger partial charge on any atom is -0.381 e. The normalized spacial score (nSPS) is 9.92. The fourth-order valence-electron chi connectivity index (χ4n) is 1.01. The summed E-state index contributed by atoms with van der Waals surface area (Å²) < 4.78 is 0. The second kappa shape index (κ2) is 5.29. The molecule has 5 nitrogen and oxygen atoms in total. The van der Waals surface area contributed by atoms with E-state index in [4.69, 9.17) is 5.73 Å². The molecule has 0 fully saturated rings. The zero-order valence-corrected chi connectivity index (χ0v) is 7.82. The maximum atomic E-state index is 5.56. The summed E-state index contributed by atoms with van der Waals surface area (Å²) in [4.78, 5) is 0. The van der Waals surface area contributed by atoms with Gasteiger partial charge in [0.1, 0.15) is 0 Å². The summed E-state index contributed by atoms with van der Waals surface area (Å²) in [5.74, 6) is 0.409. The minimum atomic E-state index is 0.409. The first-order chi connectivity index (χ1) is 6.34.